The number of nitrogens with two attached hydrogens (primary N) is 1. The van der Waals surface area contributed by atoms with Crippen molar-refractivity contribution in [1.82, 2.24) is 14.8 Å². The summed E-state index contributed by atoms with van der Waals surface area (Å²) in [4.78, 5) is 4.40. The van der Waals surface area contributed by atoms with Gasteiger partial charge in [0, 0.05) is 24.9 Å². The summed E-state index contributed by atoms with van der Waals surface area (Å²) >= 11 is 0. The molecular formula is C19H19N5O2. The summed E-state index contributed by atoms with van der Waals surface area (Å²) in [7, 11) is 1.82. The Bertz CT molecular complexity index is 976. The Morgan fingerprint density at radius 2 is 2.15 bits per heavy atom. The monoisotopic (exact) mass is 349 g/mol. The third kappa shape index (κ3) is 2.48. The van der Waals surface area contributed by atoms with Crippen molar-refractivity contribution in [3.05, 3.63) is 53.9 Å². The van der Waals surface area contributed by atoms with E-state index >= 15 is 0 Å². The van der Waals surface area contributed by atoms with Crippen molar-refractivity contribution in [3.63, 3.8) is 0 Å². The number of rotatable bonds is 4. The summed E-state index contributed by atoms with van der Waals surface area (Å²) in [6.07, 6.45) is 5.57. The average Bonchev–Trinajstić information content (AvgIpc) is 3.21. The van der Waals surface area contributed by atoms with Crippen LogP contribution in [0, 0.1) is 0 Å². The van der Waals surface area contributed by atoms with Crippen LogP contribution in [-0.2, 0) is 24.0 Å². The Kier molecular flexibility index (Phi) is 3.20. The predicted octanol–water partition coefficient (Wildman–Crippen LogP) is 3.45. The zero-order valence-corrected chi connectivity index (χ0v) is 14.4. The second-order valence-electron chi connectivity index (χ2n) is 6.79. The number of nitrogen functional groups attached to an aromatic ring is 1. The Morgan fingerprint density at radius 1 is 1.27 bits per heavy atom. The summed E-state index contributed by atoms with van der Waals surface area (Å²) in [6.45, 7) is 0.661. The SMILES string of the molecule is Cn1cc(N)c(Nc2ccc(Oc3cccc4c3C3(CC3)OC4)nc2)n1. The zero-order valence-electron chi connectivity index (χ0n) is 14.4. The van der Waals surface area contributed by atoms with E-state index in [0.29, 0.717) is 24.0 Å². The summed E-state index contributed by atoms with van der Waals surface area (Å²) in [5.74, 6) is 1.98. The number of hydrogen-bond donors (Lipinski definition) is 2. The largest absolute Gasteiger partial charge is 0.439 e. The molecule has 5 rings (SSSR count). The molecule has 3 aromatic rings. The molecule has 2 aromatic heterocycles. The number of nitrogens with zero attached hydrogens (tertiary/aromatic N) is 3. The van der Waals surface area contributed by atoms with Crippen molar-refractivity contribution in [3.8, 4) is 11.6 Å². The smallest absolute Gasteiger partial charge is 0.219 e. The Morgan fingerprint density at radius 3 is 2.85 bits per heavy atom. The lowest BCUT2D eigenvalue weighted by Gasteiger charge is -2.14. The minimum atomic E-state index is -0.121. The second kappa shape index (κ2) is 5.47. The molecular weight excluding hydrogens is 330 g/mol. The van der Waals surface area contributed by atoms with Crippen LogP contribution < -0.4 is 15.8 Å². The number of aryl methyl sites for hydroxylation is 1. The van der Waals surface area contributed by atoms with Crippen LogP contribution in [0.2, 0.25) is 0 Å². The van der Waals surface area contributed by atoms with E-state index in [2.05, 4.69) is 21.5 Å². The molecule has 1 spiro atoms. The number of aromatic nitrogens is 3. The van der Waals surface area contributed by atoms with Crippen molar-refractivity contribution in [1.29, 1.82) is 0 Å². The fourth-order valence-electron chi connectivity index (χ4n) is 3.46. The second-order valence-corrected chi connectivity index (χ2v) is 6.79. The van der Waals surface area contributed by atoms with Gasteiger partial charge in [0.05, 0.1) is 29.8 Å². The van der Waals surface area contributed by atoms with E-state index < -0.39 is 0 Å². The fraction of sp³-hybridized carbons (Fsp3) is 0.263. The first-order valence-corrected chi connectivity index (χ1v) is 8.59. The van der Waals surface area contributed by atoms with Crippen LogP contribution in [0.25, 0.3) is 0 Å². The minimum absolute atomic E-state index is 0.121. The molecule has 0 radical (unpaired) electrons. The molecule has 3 N–H and O–H groups in total. The van der Waals surface area contributed by atoms with Crippen LogP contribution >= 0.6 is 0 Å². The van der Waals surface area contributed by atoms with Crippen LogP contribution in [0.1, 0.15) is 24.0 Å². The Labute approximate surface area is 150 Å². The van der Waals surface area contributed by atoms with E-state index in [1.165, 1.54) is 11.1 Å². The number of anilines is 3. The zero-order chi connectivity index (χ0) is 17.7. The van der Waals surface area contributed by atoms with E-state index in [4.69, 9.17) is 15.2 Å². The van der Waals surface area contributed by atoms with Crippen molar-refractivity contribution >= 4 is 17.2 Å². The first-order chi connectivity index (χ1) is 12.6. The van der Waals surface area contributed by atoms with Gasteiger partial charge in [0.2, 0.25) is 5.88 Å². The molecule has 1 aliphatic heterocycles. The van der Waals surface area contributed by atoms with Gasteiger partial charge in [-0.05, 0) is 30.5 Å². The molecule has 1 saturated carbocycles. The third-order valence-electron chi connectivity index (χ3n) is 4.85. The van der Waals surface area contributed by atoms with E-state index in [0.717, 1.165) is 24.3 Å². The van der Waals surface area contributed by atoms with Crippen molar-refractivity contribution < 1.29 is 9.47 Å². The van der Waals surface area contributed by atoms with Crippen LogP contribution in [-0.4, -0.2) is 14.8 Å². The molecule has 7 heteroatoms. The molecule has 2 aliphatic rings. The molecule has 0 bridgehead atoms. The molecule has 3 heterocycles. The number of pyridine rings is 1. The van der Waals surface area contributed by atoms with Gasteiger partial charge in [-0.1, -0.05) is 12.1 Å². The third-order valence-corrected chi connectivity index (χ3v) is 4.85. The fourth-order valence-corrected chi connectivity index (χ4v) is 3.46. The molecule has 1 fully saturated rings. The maximum Gasteiger partial charge on any atom is 0.219 e. The van der Waals surface area contributed by atoms with Crippen LogP contribution in [0.15, 0.2) is 42.7 Å². The summed E-state index contributed by atoms with van der Waals surface area (Å²) < 4.78 is 13.7. The van der Waals surface area contributed by atoms with E-state index in [9.17, 15) is 0 Å². The van der Waals surface area contributed by atoms with Crippen molar-refractivity contribution in [2.75, 3.05) is 11.1 Å². The maximum atomic E-state index is 6.07. The molecule has 0 atom stereocenters. The van der Waals surface area contributed by atoms with Gasteiger partial charge in [-0.3, -0.25) is 4.68 Å². The van der Waals surface area contributed by atoms with Gasteiger partial charge in [-0.15, -0.1) is 0 Å². The Balaban J connectivity index is 1.36. The van der Waals surface area contributed by atoms with Gasteiger partial charge in [0.15, 0.2) is 5.82 Å². The molecule has 26 heavy (non-hydrogen) atoms. The quantitative estimate of drug-likeness (QED) is 0.750. The van der Waals surface area contributed by atoms with E-state index in [1.807, 2.05) is 31.3 Å². The molecule has 7 nitrogen and oxygen atoms in total. The average molecular weight is 349 g/mol. The Hall–Kier alpha value is -3.06. The van der Waals surface area contributed by atoms with E-state index in [-0.39, 0.29) is 5.60 Å². The molecule has 0 unspecified atom stereocenters. The molecule has 0 amide bonds. The summed E-state index contributed by atoms with van der Waals surface area (Å²) in [5, 5.41) is 7.42. The lowest BCUT2D eigenvalue weighted by Crippen LogP contribution is -2.05. The highest BCUT2D eigenvalue weighted by molar-refractivity contribution is 5.67. The number of benzene rings is 1. The van der Waals surface area contributed by atoms with Crippen LogP contribution in [0.5, 0.6) is 11.6 Å². The number of fused-ring (bicyclic) bond motifs is 2. The lowest BCUT2D eigenvalue weighted by atomic mass is 10.0. The number of hydrogen-bond acceptors (Lipinski definition) is 6. The van der Waals surface area contributed by atoms with Gasteiger partial charge in [0.25, 0.3) is 0 Å². The minimum Gasteiger partial charge on any atom is -0.439 e. The summed E-state index contributed by atoms with van der Waals surface area (Å²) in [6, 6.07) is 9.81. The highest BCUT2D eigenvalue weighted by atomic mass is 16.5. The van der Waals surface area contributed by atoms with Gasteiger partial charge >= 0.3 is 0 Å². The van der Waals surface area contributed by atoms with Gasteiger partial charge < -0.3 is 20.5 Å². The molecule has 0 saturated heterocycles. The lowest BCUT2D eigenvalue weighted by molar-refractivity contribution is 0.0433. The normalized spacial score (nSPS) is 16.5. The number of nitrogens with one attached hydrogen (secondary N) is 1. The molecule has 132 valence electrons. The standard InChI is InChI=1S/C19H19N5O2/c1-24-10-14(20)18(23-24)22-13-5-6-16(21-9-13)26-15-4-2-3-12-11-25-19(7-8-19)17(12)15/h2-6,9-10H,7-8,11,20H2,1H3,(H,22,23). The highest BCUT2D eigenvalue weighted by Gasteiger charge is 2.52. The first kappa shape index (κ1) is 15.2. The first-order valence-electron chi connectivity index (χ1n) is 8.59. The van der Waals surface area contributed by atoms with Gasteiger partial charge in [0.1, 0.15) is 5.75 Å². The van der Waals surface area contributed by atoms with Crippen LogP contribution in [0.3, 0.4) is 0 Å². The number of ether oxygens (including phenoxy) is 2. The predicted molar refractivity (Wildman–Crippen MR) is 97.4 cm³/mol. The topological polar surface area (TPSA) is 87.2 Å². The molecule has 1 aromatic carbocycles. The van der Waals surface area contributed by atoms with Crippen LogP contribution in [0.4, 0.5) is 17.2 Å². The van der Waals surface area contributed by atoms with Crippen molar-refractivity contribution in [2.24, 2.45) is 7.05 Å². The van der Waals surface area contributed by atoms with Gasteiger partial charge in [-0.25, -0.2) is 4.98 Å². The van der Waals surface area contributed by atoms with Crippen molar-refractivity contribution in [2.45, 2.75) is 25.0 Å². The van der Waals surface area contributed by atoms with E-state index in [1.54, 1.807) is 17.1 Å². The van der Waals surface area contributed by atoms with Gasteiger partial charge in [-0.2, -0.15) is 5.10 Å². The maximum absolute atomic E-state index is 6.07. The molecule has 1 aliphatic carbocycles. The summed E-state index contributed by atoms with van der Waals surface area (Å²) in [5.41, 5.74) is 9.56. The highest BCUT2D eigenvalue weighted by Crippen LogP contribution is 2.57.